The van der Waals surface area contributed by atoms with Crippen molar-refractivity contribution < 1.29 is 4.90 Å². The minimum Gasteiger partial charge on any atom is -0.287 e. The SMILES string of the molecule is S=C(S)[NH+]1CCCC1. The van der Waals surface area contributed by atoms with Gasteiger partial charge in [0.25, 0.3) is 0 Å². The number of rotatable bonds is 0. The molecule has 1 heterocycles. The van der Waals surface area contributed by atoms with E-state index in [1.165, 1.54) is 30.8 Å². The van der Waals surface area contributed by atoms with E-state index in [-0.39, 0.29) is 0 Å². The van der Waals surface area contributed by atoms with E-state index >= 15 is 0 Å². The Kier molecular flexibility index (Phi) is 2.28. The van der Waals surface area contributed by atoms with E-state index in [9.17, 15) is 0 Å². The average molecular weight is 148 g/mol. The van der Waals surface area contributed by atoms with Crippen LogP contribution in [0.2, 0.25) is 0 Å². The normalized spacial score (nSPS) is 21.6. The molecule has 0 atom stereocenters. The van der Waals surface area contributed by atoms with E-state index in [0.717, 1.165) is 4.32 Å². The summed E-state index contributed by atoms with van der Waals surface area (Å²) in [7, 11) is 0. The molecular weight excluding hydrogens is 138 g/mol. The summed E-state index contributed by atoms with van der Waals surface area (Å²) in [6.45, 7) is 2.39. The van der Waals surface area contributed by atoms with Gasteiger partial charge in [-0.1, -0.05) is 12.6 Å². The van der Waals surface area contributed by atoms with Gasteiger partial charge in [0, 0.05) is 12.8 Å². The third kappa shape index (κ3) is 1.44. The van der Waals surface area contributed by atoms with Crippen LogP contribution >= 0.6 is 24.8 Å². The summed E-state index contributed by atoms with van der Waals surface area (Å²) >= 11 is 8.97. The summed E-state index contributed by atoms with van der Waals surface area (Å²) in [5.74, 6) is 0. The lowest BCUT2D eigenvalue weighted by Crippen LogP contribution is -3.11. The highest BCUT2D eigenvalue weighted by Crippen LogP contribution is 1.88. The van der Waals surface area contributed by atoms with Crippen LogP contribution in [0.15, 0.2) is 0 Å². The highest BCUT2D eigenvalue weighted by atomic mass is 32.1. The first-order valence-corrected chi connectivity index (χ1v) is 3.74. The van der Waals surface area contributed by atoms with Gasteiger partial charge < -0.3 is 0 Å². The Morgan fingerprint density at radius 3 is 2.12 bits per heavy atom. The molecule has 0 radical (unpaired) electrons. The van der Waals surface area contributed by atoms with Crippen LogP contribution < -0.4 is 4.90 Å². The molecule has 0 aromatic rings. The average Bonchev–Trinajstić information content (AvgIpc) is 2.12. The summed E-state index contributed by atoms with van der Waals surface area (Å²) in [5, 5.41) is 0. The lowest BCUT2D eigenvalue weighted by Gasteiger charge is -2.05. The molecule has 0 amide bonds. The van der Waals surface area contributed by atoms with Crippen molar-refractivity contribution in [3.8, 4) is 0 Å². The molecule has 1 N–H and O–H groups in total. The van der Waals surface area contributed by atoms with Gasteiger partial charge in [-0.3, -0.25) is 4.90 Å². The quantitative estimate of drug-likeness (QED) is 0.358. The molecule has 0 bridgehead atoms. The highest BCUT2D eigenvalue weighted by molar-refractivity contribution is 8.10. The number of likely N-dealkylation sites (tertiary alicyclic amines) is 1. The smallest absolute Gasteiger partial charge is 0.228 e. The largest absolute Gasteiger partial charge is 0.287 e. The van der Waals surface area contributed by atoms with Crippen LogP contribution in [0, 0.1) is 0 Å². The molecule has 0 saturated carbocycles. The maximum absolute atomic E-state index is 4.88. The molecule has 46 valence electrons. The third-order valence-electron chi connectivity index (χ3n) is 1.51. The Labute approximate surface area is 60.5 Å². The van der Waals surface area contributed by atoms with Crippen molar-refractivity contribution in [3.05, 3.63) is 0 Å². The Balaban J connectivity index is 2.35. The second-order valence-electron chi connectivity index (χ2n) is 2.12. The Bertz CT molecular complexity index is 96.6. The summed E-state index contributed by atoms with van der Waals surface area (Å²) in [5.41, 5.74) is 0. The molecule has 0 spiro atoms. The summed E-state index contributed by atoms with van der Waals surface area (Å²) < 4.78 is 0.836. The summed E-state index contributed by atoms with van der Waals surface area (Å²) in [6.07, 6.45) is 2.63. The van der Waals surface area contributed by atoms with E-state index in [4.69, 9.17) is 12.2 Å². The summed E-state index contributed by atoms with van der Waals surface area (Å²) in [6, 6.07) is 0. The van der Waals surface area contributed by atoms with Gasteiger partial charge in [0.15, 0.2) is 0 Å². The Morgan fingerprint density at radius 1 is 1.38 bits per heavy atom. The van der Waals surface area contributed by atoms with Gasteiger partial charge in [0.1, 0.15) is 0 Å². The fourth-order valence-corrected chi connectivity index (χ4v) is 1.44. The fraction of sp³-hybridized carbons (Fsp3) is 0.800. The van der Waals surface area contributed by atoms with Gasteiger partial charge in [-0.25, -0.2) is 0 Å². The maximum Gasteiger partial charge on any atom is 0.228 e. The second kappa shape index (κ2) is 2.80. The lowest BCUT2D eigenvalue weighted by molar-refractivity contribution is -0.783. The highest BCUT2D eigenvalue weighted by Gasteiger charge is 2.16. The molecule has 1 nitrogen and oxygen atoms in total. The zero-order valence-corrected chi connectivity index (χ0v) is 6.39. The lowest BCUT2D eigenvalue weighted by atomic mass is 10.4. The van der Waals surface area contributed by atoms with E-state index in [1.54, 1.807) is 0 Å². The maximum atomic E-state index is 4.88. The van der Waals surface area contributed by atoms with Crippen molar-refractivity contribution in [3.63, 3.8) is 0 Å². The number of thiocarbonyl (C=S) groups is 1. The monoisotopic (exact) mass is 148 g/mol. The van der Waals surface area contributed by atoms with E-state index < -0.39 is 0 Å². The van der Waals surface area contributed by atoms with Gasteiger partial charge in [0.05, 0.1) is 13.1 Å². The van der Waals surface area contributed by atoms with Crippen molar-refractivity contribution in [2.45, 2.75) is 12.8 Å². The van der Waals surface area contributed by atoms with Crippen LogP contribution in [0.25, 0.3) is 0 Å². The molecule has 3 heteroatoms. The van der Waals surface area contributed by atoms with Crippen molar-refractivity contribution in [1.29, 1.82) is 0 Å². The first kappa shape index (κ1) is 6.52. The molecule has 0 unspecified atom stereocenters. The predicted octanol–water partition coefficient (Wildman–Crippen LogP) is -0.120. The molecule has 0 aliphatic carbocycles. The molecule has 1 aliphatic rings. The Hall–Kier alpha value is 0.400. The topological polar surface area (TPSA) is 4.44 Å². The van der Waals surface area contributed by atoms with Crippen LogP contribution in [-0.2, 0) is 0 Å². The number of thiol groups is 1. The zero-order valence-electron chi connectivity index (χ0n) is 4.68. The second-order valence-corrected chi connectivity index (χ2v) is 3.27. The van der Waals surface area contributed by atoms with E-state index in [2.05, 4.69) is 12.6 Å². The fourth-order valence-electron chi connectivity index (χ4n) is 1.02. The number of hydrogen-bond donors (Lipinski definition) is 2. The minimum atomic E-state index is 0.836. The number of nitrogens with one attached hydrogen (secondary N) is 1. The first-order chi connectivity index (χ1) is 3.80. The van der Waals surface area contributed by atoms with Crippen molar-refractivity contribution in [2.24, 2.45) is 0 Å². The molecule has 1 aliphatic heterocycles. The standard InChI is InChI=1S/C5H9NS2/c7-5(8)6-3-1-2-4-6/h1-4H2,(H,7,8)/p+1. The number of quaternary nitrogens is 1. The van der Waals surface area contributed by atoms with Crippen LogP contribution in [-0.4, -0.2) is 17.4 Å². The van der Waals surface area contributed by atoms with Crippen LogP contribution in [0.4, 0.5) is 0 Å². The van der Waals surface area contributed by atoms with E-state index in [0.29, 0.717) is 0 Å². The van der Waals surface area contributed by atoms with Gasteiger partial charge in [-0.15, -0.1) is 0 Å². The molecule has 0 aromatic carbocycles. The van der Waals surface area contributed by atoms with Crippen LogP contribution in [0.5, 0.6) is 0 Å². The van der Waals surface area contributed by atoms with Crippen LogP contribution in [0.1, 0.15) is 12.8 Å². The van der Waals surface area contributed by atoms with Gasteiger partial charge >= 0.3 is 0 Å². The number of hydrogen-bond acceptors (Lipinski definition) is 1. The van der Waals surface area contributed by atoms with Crippen molar-refractivity contribution in [1.82, 2.24) is 0 Å². The van der Waals surface area contributed by atoms with Crippen molar-refractivity contribution >= 4 is 29.2 Å². The molecule has 1 fully saturated rings. The van der Waals surface area contributed by atoms with Gasteiger partial charge in [-0.05, 0) is 12.2 Å². The van der Waals surface area contributed by atoms with Crippen molar-refractivity contribution in [2.75, 3.05) is 13.1 Å². The van der Waals surface area contributed by atoms with Gasteiger partial charge in [-0.2, -0.15) is 0 Å². The predicted molar refractivity (Wildman–Crippen MR) is 41.5 cm³/mol. The van der Waals surface area contributed by atoms with E-state index in [1.807, 2.05) is 0 Å². The Morgan fingerprint density at radius 2 is 1.88 bits per heavy atom. The first-order valence-electron chi connectivity index (χ1n) is 2.88. The molecule has 0 aromatic heterocycles. The molecule has 8 heavy (non-hydrogen) atoms. The summed E-state index contributed by atoms with van der Waals surface area (Å²) in [4.78, 5) is 1.39. The zero-order chi connectivity index (χ0) is 5.98. The van der Waals surface area contributed by atoms with Crippen LogP contribution in [0.3, 0.4) is 0 Å². The molecular formula is C5H10NS2+. The minimum absolute atomic E-state index is 0.836. The molecule has 1 rings (SSSR count). The molecule has 1 saturated heterocycles. The third-order valence-corrected chi connectivity index (χ3v) is 2.11. The van der Waals surface area contributed by atoms with Gasteiger partial charge in [0.2, 0.25) is 4.32 Å².